The van der Waals surface area contributed by atoms with Gasteiger partial charge in [0.25, 0.3) is 0 Å². The molecule has 5 atom stereocenters. The van der Waals surface area contributed by atoms with Crippen molar-refractivity contribution in [2.45, 2.75) is 124 Å². The molecule has 1 aromatic rings. The third-order valence-corrected chi connectivity index (χ3v) is 8.91. The number of hydrogen-bond donors (Lipinski definition) is 7. The van der Waals surface area contributed by atoms with Crippen molar-refractivity contribution >= 4 is 47.4 Å². The third-order valence-electron chi connectivity index (χ3n) is 8.91. The molecule has 0 bridgehead atoms. The summed E-state index contributed by atoms with van der Waals surface area (Å²) in [6, 6.07) is 2.40. The zero-order chi connectivity index (χ0) is 40.7. The van der Waals surface area contributed by atoms with Gasteiger partial charge in [0.2, 0.25) is 35.4 Å². The van der Waals surface area contributed by atoms with Crippen molar-refractivity contribution in [3.05, 3.63) is 35.9 Å². The Labute approximate surface area is 316 Å². The topological polar surface area (TPSA) is 240 Å². The minimum absolute atomic E-state index is 0.00216. The van der Waals surface area contributed by atoms with Crippen LogP contribution >= 0.6 is 0 Å². The number of carbonyl (C=O) groups excluding carboxylic acids is 6. The molecule has 1 saturated heterocycles. The molecular formula is C38H58N6O10. The molecule has 0 unspecified atom stereocenters. The van der Waals surface area contributed by atoms with Crippen molar-refractivity contribution in [1.82, 2.24) is 31.5 Å². The van der Waals surface area contributed by atoms with E-state index in [9.17, 15) is 48.6 Å². The van der Waals surface area contributed by atoms with Crippen LogP contribution in [0.25, 0.3) is 0 Å². The van der Waals surface area contributed by atoms with Gasteiger partial charge < -0.3 is 41.7 Å². The molecule has 0 radical (unpaired) electrons. The molecule has 1 aliphatic heterocycles. The minimum Gasteiger partial charge on any atom is -0.481 e. The van der Waals surface area contributed by atoms with E-state index in [1.54, 1.807) is 48.5 Å². The van der Waals surface area contributed by atoms with Crippen LogP contribution in [0.3, 0.4) is 0 Å². The van der Waals surface area contributed by atoms with E-state index in [0.717, 1.165) is 18.4 Å². The Morgan fingerprint density at radius 2 is 1.15 bits per heavy atom. The van der Waals surface area contributed by atoms with Crippen LogP contribution in [-0.2, 0) is 44.8 Å². The lowest BCUT2D eigenvalue weighted by Crippen LogP contribution is -2.61. The number of aryl methyl sites for hydroxylation is 1. The highest BCUT2D eigenvalue weighted by Gasteiger charge is 2.37. The number of nitrogens with zero attached hydrogens (tertiary/aromatic N) is 1. The molecule has 6 amide bonds. The summed E-state index contributed by atoms with van der Waals surface area (Å²) in [4.78, 5) is 106. The SMILES string of the molecule is CC(C)[C@H](NC(=O)CCc1ccccc1)C(=O)N[C@H](C(=O)N[C@@H](CC(=O)N1CCCC1)C(=O)N[C@@H](CC(=O)O)C(=O)N[C@@H](CC(C)(C)C)C(=O)O)C(C)C. The van der Waals surface area contributed by atoms with Gasteiger partial charge in [-0.1, -0.05) is 78.8 Å². The number of likely N-dealkylation sites (tertiary alicyclic amines) is 1. The zero-order valence-corrected chi connectivity index (χ0v) is 32.4. The van der Waals surface area contributed by atoms with Gasteiger partial charge in [-0.2, -0.15) is 0 Å². The average molecular weight is 759 g/mol. The Balaban J connectivity index is 2.28. The van der Waals surface area contributed by atoms with E-state index in [-0.39, 0.29) is 24.7 Å². The number of benzene rings is 1. The van der Waals surface area contributed by atoms with Crippen LogP contribution in [0.15, 0.2) is 30.3 Å². The number of carbonyl (C=O) groups is 8. The van der Waals surface area contributed by atoms with E-state index in [2.05, 4.69) is 26.6 Å². The lowest BCUT2D eigenvalue weighted by Gasteiger charge is -2.29. The van der Waals surface area contributed by atoms with E-state index >= 15 is 0 Å². The normalized spacial score (nSPS) is 15.7. The molecule has 1 aromatic carbocycles. The molecule has 16 heteroatoms. The number of hydrogen-bond acceptors (Lipinski definition) is 8. The Hall–Kier alpha value is -5.02. The number of carboxylic acids is 2. The van der Waals surface area contributed by atoms with Crippen LogP contribution in [0.1, 0.15) is 92.6 Å². The molecule has 0 saturated carbocycles. The van der Waals surface area contributed by atoms with E-state index in [1.807, 2.05) is 30.3 Å². The molecular weight excluding hydrogens is 700 g/mol. The lowest BCUT2D eigenvalue weighted by atomic mass is 9.88. The fourth-order valence-corrected chi connectivity index (χ4v) is 5.94. The van der Waals surface area contributed by atoms with Gasteiger partial charge in [0.05, 0.1) is 12.8 Å². The van der Waals surface area contributed by atoms with Gasteiger partial charge in [-0.3, -0.25) is 33.6 Å². The molecule has 0 aromatic heterocycles. The number of amides is 6. The summed E-state index contributed by atoms with van der Waals surface area (Å²) in [5, 5.41) is 31.8. The van der Waals surface area contributed by atoms with E-state index < -0.39 is 95.9 Å². The van der Waals surface area contributed by atoms with Gasteiger partial charge >= 0.3 is 11.9 Å². The number of carboxylic acid groups (broad SMARTS) is 2. The maximum Gasteiger partial charge on any atom is 0.326 e. The molecule has 1 fully saturated rings. The van der Waals surface area contributed by atoms with Crippen LogP contribution in [0.4, 0.5) is 0 Å². The summed E-state index contributed by atoms with van der Waals surface area (Å²) in [6.07, 6.45) is 0.631. The number of aliphatic carboxylic acids is 2. The molecule has 0 aliphatic carbocycles. The first-order valence-corrected chi connectivity index (χ1v) is 18.5. The molecule has 1 heterocycles. The highest BCUT2D eigenvalue weighted by molar-refractivity contribution is 5.98. The van der Waals surface area contributed by atoms with Crippen LogP contribution in [0, 0.1) is 17.3 Å². The Morgan fingerprint density at radius 3 is 1.65 bits per heavy atom. The second-order valence-corrected chi connectivity index (χ2v) is 15.7. The summed E-state index contributed by atoms with van der Waals surface area (Å²) in [5.74, 6) is -8.14. The first kappa shape index (κ1) is 45.1. The Kier molecular flexibility index (Phi) is 17.6. The predicted octanol–water partition coefficient (Wildman–Crippen LogP) is 1.36. The first-order chi connectivity index (χ1) is 25.2. The van der Waals surface area contributed by atoms with Crippen molar-refractivity contribution in [3.63, 3.8) is 0 Å². The van der Waals surface area contributed by atoms with E-state index in [0.29, 0.717) is 19.5 Å². The fourth-order valence-electron chi connectivity index (χ4n) is 5.94. The van der Waals surface area contributed by atoms with Gasteiger partial charge in [0, 0.05) is 19.5 Å². The van der Waals surface area contributed by atoms with Gasteiger partial charge in [-0.05, 0) is 48.5 Å². The highest BCUT2D eigenvalue weighted by atomic mass is 16.4. The summed E-state index contributed by atoms with van der Waals surface area (Å²) < 4.78 is 0. The van der Waals surface area contributed by atoms with Crippen LogP contribution in [-0.4, -0.2) is 106 Å². The van der Waals surface area contributed by atoms with Gasteiger partial charge in [-0.25, -0.2) is 4.79 Å². The summed E-state index contributed by atoms with van der Waals surface area (Å²) >= 11 is 0. The molecule has 0 spiro atoms. The minimum atomic E-state index is -1.75. The smallest absolute Gasteiger partial charge is 0.326 e. The van der Waals surface area contributed by atoms with Crippen molar-refractivity contribution < 1.29 is 48.6 Å². The summed E-state index contributed by atoms with van der Waals surface area (Å²) in [6.45, 7) is 12.9. The maximum atomic E-state index is 13.8. The molecule has 2 rings (SSSR count). The monoisotopic (exact) mass is 758 g/mol. The second-order valence-electron chi connectivity index (χ2n) is 15.7. The van der Waals surface area contributed by atoms with Crippen molar-refractivity contribution in [3.8, 4) is 0 Å². The Morgan fingerprint density at radius 1 is 0.667 bits per heavy atom. The molecule has 300 valence electrons. The average Bonchev–Trinajstić information content (AvgIpc) is 3.62. The predicted molar refractivity (Wildman–Crippen MR) is 198 cm³/mol. The van der Waals surface area contributed by atoms with Crippen molar-refractivity contribution in [1.29, 1.82) is 0 Å². The molecule has 1 aliphatic rings. The molecule has 16 nitrogen and oxygen atoms in total. The van der Waals surface area contributed by atoms with Gasteiger partial charge in [0.15, 0.2) is 0 Å². The Bertz CT molecular complexity index is 1490. The standard InChI is InChI=1S/C38H58N6O10/c1-22(2)31(42-28(45)16-15-24-13-9-8-10-14-24)36(52)43-32(23(3)4)35(51)40-25(19-29(46)44-17-11-12-18-44)33(49)39-26(20-30(47)48)34(50)41-27(37(53)54)21-38(5,6)7/h8-10,13-14,22-23,25-27,31-32H,11-12,15-21H2,1-7H3,(H,39,49)(H,40,51)(H,41,50)(H,42,45)(H,43,52)(H,47,48)(H,53,54)/t25-,26-,27-,31-,32-/m0/s1. The number of rotatable bonds is 20. The zero-order valence-electron chi connectivity index (χ0n) is 32.4. The third kappa shape index (κ3) is 15.5. The van der Waals surface area contributed by atoms with Crippen molar-refractivity contribution in [2.24, 2.45) is 17.3 Å². The van der Waals surface area contributed by atoms with Crippen LogP contribution in [0.2, 0.25) is 0 Å². The van der Waals surface area contributed by atoms with Gasteiger partial charge in [0.1, 0.15) is 30.2 Å². The van der Waals surface area contributed by atoms with E-state index in [1.165, 1.54) is 4.90 Å². The largest absolute Gasteiger partial charge is 0.481 e. The maximum absolute atomic E-state index is 13.8. The van der Waals surface area contributed by atoms with Crippen molar-refractivity contribution in [2.75, 3.05) is 13.1 Å². The van der Waals surface area contributed by atoms with Crippen LogP contribution in [0.5, 0.6) is 0 Å². The number of nitrogens with one attached hydrogen (secondary N) is 5. The summed E-state index contributed by atoms with van der Waals surface area (Å²) in [7, 11) is 0. The highest BCUT2D eigenvalue weighted by Crippen LogP contribution is 2.21. The molecule has 7 N–H and O–H groups in total. The second kappa shape index (κ2) is 21.0. The lowest BCUT2D eigenvalue weighted by molar-refractivity contribution is -0.144. The van der Waals surface area contributed by atoms with Crippen LogP contribution < -0.4 is 26.6 Å². The van der Waals surface area contributed by atoms with E-state index in [4.69, 9.17) is 0 Å². The first-order valence-electron chi connectivity index (χ1n) is 18.5. The quantitative estimate of drug-likeness (QED) is 0.101. The van der Waals surface area contributed by atoms with Gasteiger partial charge in [-0.15, -0.1) is 0 Å². The fraction of sp³-hybridized carbons (Fsp3) is 0.632. The summed E-state index contributed by atoms with van der Waals surface area (Å²) in [5.41, 5.74) is 0.426. The molecule has 54 heavy (non-hydrogen) atoms.